The number of rotatable bonds is 1. The Labute approximate surface area is 109 Å². The predicted molar refractivity (Wildman–Crippen MR) is 71.5 cm³/mol. The Morgan fingerprint density at radius 2 is 2.12 bits per heavy atom. The second-order valence-corrected chi connectivity index (χ2v) is 4.54. The molecule has 4 heteroatoms. The van der Waals surface area contributed by atoms with Gasteiger partial charge in [0.25, 0.3) is 0 Å². The summed E-state index contributed by atoms with van der Waals surface area (Å²) in [6.45, 7) is 1.93. The first-order valence-electron chi connectivity index (χ1n) is 5.02. The summed E-state index contributed by atoms with van der Waals surface area (Å²) in [5, 5.41) is 9.56. The maximum absolute atomic E-state index is 8.89. The van der Waals surface area contributed by atoms with Gasteiger partial charge in [0.1, 0.15) is 10.7 Å². The van der Waals surface area contributed by atoms with Gasteiger partial charge in [0.15, 0.2) is 0 Å². The molecule has 0 unspecified atom stereocenters. The van der Waals surface area contributed by atoms with E-state index in [2.05, 4.69) is 11.1 Å². The van der Waals surface area contributed by atoms with Crippen molar-refractivity contribution >= 4 is 23.8 Å². The predicted octanol–water partition coefficient (Wildman–Crippen LogP) is 4.24. The summed E-state index contributed by atoms with van der Waals surface area (Å²) in [7, 11) is 0. The molecular weight excluding hydrogens is 252 g/mol. The number of aryl methyl sites for hydroxylation is 1. The molecule has 0 bridgehead atoms. The molecule has 1 aromatic carbocycles. The molecule has 0 aliphatic rings. The average molecular weight is 261 g/mol. The number of halogens is 1. The Bertz CT molecular complexity index is 668. The third kappa shape index (κ3) is 2.38. The highest BCUT2D eigenvalue weighted by Gasteiger charge is 2.05. The lowest BCUT2D eigenvalue weighted by molar-refractivity contribution is 1.23. The zero-order valence-corrected chi connectivity index (χ0v) is 10.7. The molecule has 1 N–H and O–H groups in total. The molecule has 0 spiro atoms. The molecule has 17 heavy (non-hydrogen) atoms. The minimum atomic E-state index is 0.452. The lowest BCUT2D eigenvalue weighted by atomic mass is 10.1. The summed E-state index contributed by atoms with van der Waals surface area (Å²) in [6, 6.07) is 11.4. The Morgan fingerprint density at radius 1 is 1.35 bits per heavy atom. The number of hydrogen-bond donors (Lipinski definition) is 1. The van der Waals surface area contributed by atoms with Crippen LogP contribution in [0.15, 0.2) is 30.3 Å². The number of nitrogens with zero attached hydrogens (tertiary/aromatic N) is 1. The van der Waals surface area contributed by atoms with Gasteiger partial charge in [-0.2, -0.15) is 5.26 Å². The van der Waals surface area contributed by atoms with Crippen molar-refractivity contribution in [2.24, 2.45) is 0 Å². The highest BCUT2D eigenvalue weighted by Crippen LogP contribution is 2.24. The molecule has 84 valence electrons. The van der Waals surface area contributed by atoms with E-state index in [4.69, 9.17) is 29.1 Å². The zero-order chi connectivity index (χ0) is 12.4. The van der Waals surface area contributed by atoms with Gasteiger partial charge in [-0.25, -0.2) is 0 Å². The summed E-state index contributed by atoms with van der Waals surface area (Å²) < 4.78 is 0.452. The van der Waals surface area contributed by atoms with Gasteiger partial charge in [-0.05, 0) is 36.2 Å². The van der Waals surface area contributed by atoms with Crippen LogP contribution in [0.4, 0.5) is 0 Å². The molecule has 0 atom stereocenters. The molecule has 0 fully saturated rings. The van der Waals surface area contributed by atoms with E-state index < -0.39 is 0 Å². The molecular formula is C13H9ClN2S. The molecule has 2 nitrogen and oxygen atoms in total. The Morgan fingerprint density at radius 3 is 2.76 bits per heavy atom. The fourth-order valence-corrected chi connectivity index (χ4v) is 2.06. The van der Waals surface area contributed by atoms with Crippen LogP contribution in [-0.2, 0) is 0 Å². The van der Waals surface area contributed by atoms with Gasteiger partial charge in [-0.1, -0.05) is 36.0 Å². The number of H-pyrrole nitrogens is 1. The average Bonchev–Trinajstić information content (AvgIpc) is 2.31. The van der Waals surface area contributed by atoms with Crippen molar-refractivity contribution in [3.63, 3.8) is 0 Å². The molecule has 0 radical (unpaired) electrons. The van der Waals surface area contributed by atoms with Crippen molar-refractivity contribution in [2.75, 3.05) is 0 Å². The van der Waals surface area contributed by atoms with Crippen molar-refractivity contribution in [3.8, 4) is 17.3 Å². The second kappa shape index (κ2) is 4.70. The lowest BCUT2D eigenvalue weighted by Crippen LogP contribution is -1.92. The van der Waals surface area contributed by atoms with E-state index >= 15 is 0 Å². The van der Waals surface area contributed by atoms with Gasteiger partial charge in [0, 0.05) is 10.7 Å². The van der Waals surface area contributed by atoms with E-state index in [-0.39, 0.29) is 0 Å². The van der Waals surface area contributed by atoms with E-state index in [9.17, 15) is 0 Å². The minimum absolute atomic E-state index is 0.452. The highest BCUT2D eigenvalue weighted by atomic mass is 35.5. The van der Waals surface area contributed by atoms with E-state index in [1.165, 1.54) is 0 Å². The van der Waals surface area contributed by atoms with Gasteiger partial charge in [-0.3, -0.25) is 0 Å². The molecule has 0 saturated heterocycles. The number of nitriles is 1. The van der Waals surface area contributed by atoms with Crippen LogP contribution in [0.2, 0.25) is 5.02 Å². The topological polar surface area (TPSA) is 39.6 Å². The Hall–Kier alpha value is -1.63. The van der Waals surface area contributed by atoms with Gasteiger partial charge in [0.05, 0.1) is 5.56 Å². The maximum Gasteiger partial charge on any atom is 0.121 e. The quantitative estimate of drug-likeness (QED) is 0.779. The lowest BCUT2D eigenvalue weighted by Gasteiger charge is -2.07. The van der Waals surface area contributed by atoms with E-state index in [0.29, 0.717) is 15.2 Å². The van der Waals surface area contributed by atoms with Gasteiger partial charge >= 0.3 is 0 Å². The summed E-state index contributed by atoms with van der Waals surface area (Å²) >= 11 is 11.1. The van der Waals surface area contributed by atoms with Crippen LogP contribution in [0.1, 0.15) is 11.1 Å². The SMILES string of the molecule is Cc1cc(C#N)c(=S)[nH]c1-c1cccc(Cl)c1. The third-order valence-electron chi connectivity index (χ3n) is 2.47. The number of benzene rings is 1. The molecule has 2 aromatic rings. The van der Waals surface area contributed by atoms with Gasteiger partial charge < -0.3 is 4.98 Å². The normalized spacial score (nSPS) is 9.94. The molecule has 0 aliphatic heterocycles. The number of pyridine rings is 1. The number of aromatic amines is 1. The number of hydrogen-bond acceptors (Lipinski definition) is 2. The van der Waals surface area contributed by atoms with E-state index in [1.807, 2.05) is 31.2 Å². The van der Waals surface area contributed by atoms with Crippen LogP contribution in [0.3, 0.4) is 0 Å². The van der Waals surface area contributed by atoms with Crippen LogP contribution >= 0.6 is 23.8 Å². The molecule has 2 rings (SSSR count). The van der Waals surface area contributed by atoms with Crippen LogP contribution in [0, 0.1) is 22.9 Å². The third-order valence-corrected chi connectivity index (χ3v) is 3.03. The maximum atomic E-state index is 8.89. The summed E-state index contributed by atoms with van der Waals surface area (Å²) in [5.74, 6) is 0. The summed E-state index contributed by atoms with van der Waals surface area (Å²) in [6.07, 6.45) is 0. The first kappa shape index (κ1) is 11.8. The Kier molecular flexibility index (Phi) is 3.28. The van der Waals surface area contributed by atoms with Crippen LogP contribution in [0.25, 0.3) is 11.3 Å². The van der Waals surface area contributed by atoms with Crippen LogP contribution < -0.4 is 0 Å². The minimum Gasteiger partial charge on any atom is -0.345 e. The zero-order valence-electron chi connectivity index (χ0n) is 9.12. The van der Waals surface area contributed by atoms with Gasteiger partial charge in [-0.15, -0.1) is 0 Å². The van der Waals surface area contributed by atoms with Crippen molar-refractivity contribution in [1.82, 2.24) is 4.98 Å². The van der Waals surface area contributed by atoms with Crippen molar-refractivity contribution in [1.29, 1.82) is 5.26 Å². The summed E-state index contributed by atoms with van der Waals surface area (Å²) in [5.41, 5.74) is 3.32. The number of aromatic nitrogens is 1. The van der Waals surface area contributed by atoms with E-state index in [1.54, 1.807) is 6.07 Å². The number of nitrogens with one attached hydrogen (secondary N) is 1. The Balaban J connectivity index is 2.66. The van der Waals surface area contributed by atoms with Crippen LogP contribution in [0.5, 0.6) is 0 Å². The molecule has 1 aromatic heterocycles. The first-order chi connectivity index (χ1) is 8.11. The summed E-state index contributed by atoms with van der Waals surface area (Å²) in [4.78, 5) is 3.07. The molecule has 0 saturated carbocycles. The monoisotopic (exact) mass is 260 g/mol. The van der Waals surface area contributed by atoms with E-state index in [0.717, 1.165) is 16.8 Å². The fourth-order valence-electron chi connectivity index (χ4n) is 1.66. The largest absolute Gasteiger partial charge is 0.345 e. The second-order valence-electron chi connectivity index (χ2n) is 3.69. The molecule has 1 heterocycles. The molecule has 0 aliphatic carbocycles. The smallest absolute Gasteiger partial charge is 0.121 e. The van der Waals surface area contributed by atoms with Crippen molar-refractivity contribution in [3.05, 3.63) is 51.1 Å². The standard InChI is InChI=1S/C13H9ClN2S/c1-8-5-10(7-15)13(17)16-12(8)9-3-2-4-11(14)6-9/h2-6H,1H3,(H,16,17). The highest BCUT2D eigenvalue weighted by molar-refractivity contribution is 7.71. The fraction of sp³-hybridized carbons (Fsp3) is 0.0769. The molecule has 0 amide bonds. The van der Waals surface area contributed by atoms with Crippen molar-refractivity contribution < 1.29 is 0 Å². The van der Waals surface area contributed by atoms with Crippen molar-refractivity contribution in [2.45, 2.75) is 6.92 Å². The van der Waals surface area contributed by atoms with Crippen LogP contribution in [-0.4, -0.2) is 4.98 Å². The first-order valence-corrected chi connectivity index (χ1v) is 5.80. The van der Waals surface area contributed by atoms with Gasteiger partial charge in [0.2, 0.25) is 0 Å².